The van der Waals surface area contributed by atoms with Gasteiger partial charge in [0.15, 0.2) is 0 Å². The van der Waals surface area contributed by atoms with Crippen LogP contribution in [0.1, 0.15) is 18.4 Å². The number of fused-ring (bicyclic) bond motifs is 1. The summed E-state index contributed by atoms with van der Waals surface area (Å²) in [6.45, 7) is 4.66. The minimum atomic E-state index is -0.0372. The Hall–Kier alpha value is -2.01. The van der Waals surface area contributed by atoms with Crippen LogP contribution >= 0.6 is 0 Å². The van der Waals surface area contributed by atoms with Gasteiger partial charge in [-0.3, -0.25) is 0 Å². The molecule has 1 aliphatic heterocycles. The van der Waals surface area contributed by atoms with Crippen LogP contribution in [0.5, 0.6) is 5.75 Å². The van der Waals surface area contributed by atoms with Crippen molar-refractivity contribution in [1.82, 2.24) is 4.90 Å². The van der Waals surface area contributed by atoms with Crippen molar-refractivity contribution in [3.63, 3.8) is 0 Å². The van der Waals surface area contributed by atoms with Crippen LogP contribution in [0.3, 0.4) is 0 Å². The summed E-state index contributed by atoms with van der Waals surface area (Å²) in [7, 11) is 1.64. The first-order valence-corrected chi connectivity index (χ1v) is 8.60. The van der Waals surface area contributed by atoms with Crippen LogP contribution in [-0.4, -0.2) is 44.3 Å². The highest BCUT2D eigenvalue weighted by Gasteiger charge is 2.35. The molecule has 5 nitrogen and oxygen atoms in total. The summed E-state index contributed by atoms with van der Waals surface area (Å²) in [4.78, 5) is 14.6. The van der Waals surface area contributed by atoms with Gasteiger partial charge in [0, 0.05) is 20.2 Å². The van der Waals surface area contributed by atoms with Crippen molar-refractivity contribution in [3.8, 4) is 5.75 Å². The molecule has 2 atom stereocenters. The molecule has 0 aromatic heterocycles. The molecule has 1 saturated heterocycles. The quantitative estimate of drug-likeness (QED) is 0.664. The van der Waals surface area contributed by atoms with E-state index in [4.69, 9.17) is 9.47 Å². The van der Waals surface area contributed by atoms with Crippen molar-refractivity contribution in [2.45, 2.75) is 19.8 Å². The number of urea groups is 1. The molecular formula is C19H26N2O3. The number of rotatable bonds is 5. The molecule has 0 radical (unpaired) electrons. The van der Waals surface area contributed by atoms with Crippen molar-refractivity contribution >= 4 is 11.7 Å². The Morgan fingerprint density at radius 3 is 2.58 bits per heavy atom. The highest BCUT2D eigenvalue weighted by molar-refractivity contribution is 5.91. The number of hydrogen-bond donors (Lipinski definition) is 1. The SMILES string of the molecule is COCCOc1cc(C)ccc1NC(=O)N1C[C@H]2CC=CC[C@@H]2C1. The predicted octanol–water partition coefficient (Wildman–Crippen LogP) is 3.45. The van der Waals surface area contributed by atoms with E-state index >= 15 is 0 Å². The van der Waals surface area contributed by atoms with Gasteiger partial charge in [0.1, 0.15) is 12.4 Å². The number of ether oxygens (including phenoxy) is 2. The maximum Gasteiger partial charge on any atom is 0.321 e. The zero-order valence-corrected chi connectivity index (χ0v) is 14.5. The van der Waals surface area contributed by atoms with Gasteiger partial charge in [-0.2, -0.15) is 0 Å². The van der Waals surface area contributed by atoms with Crippen LogP contribution in [0.4, 0.5) is 10.5 Å². The summed E-state index contributed by atoms with van der Waals surface area (Å²) >= 11 is 0. The number of likely N-dealkylation sites (tertiary alicyclic amines) is 1. The molecule has 1 aliphatic carbocycles. The fourth-order valence-corrected chi connectivity index (χ4v) is 3.46. The summed E-state index contributed by atoms with van der Waals surface area (Å²) in [5.74, 6) is 1.91. The molecule has 1 N–H and O–H groups in total. The topological polar surface area (TPSA) is 50.8 Å². The van der Waals surface area contributed by atoms with Gasteiger partial charge in [-0.05, 0) is 49.3 Å². The molecule has 1 aromatic carbocycles. The standard InChI is InChI=1S/C19H26N2O3/c1-14-7-8-17(18(11-14)24-10-9-23-2)20-19(22)21-12-15-5-3-4-6-16(15)13-21/h3-4,7-8,11,15-16H,5-6,9-10,12-13H2,1-2H3,(H,20,22)/t15-,16-/m1/s1. The Morgan fingerprint density at radius 1 is 1.21 bits per heavy atom. The molecule has 1 heterocycles. The summed E-state index contributed by atoms with van der Waals surface area (Å²) in [6, 6.07) is 5.79. The van der Waals surface area contributed by atoms with E-state index < -0.39 is 0 Å². The van der Waals surface area contributed by atoms with Gasteiger partial charge in [0.2, 0.25) is 0 Å². The van der Waals surface area contributed by atoms with Crippen LogP contribution in [0, 0.1) is 18.8 Å². The van der Waals surface area contributed by atoms with E-state index in [9.17, 15) is 4.79 Å². The minimum absolute atomic E-state index is 0.0372. The van der Waals surface area contributed by atoms with E-state index in [0.29, 0.717) is 30.8 Å². The van der Waals surface area contributed by atoms with E-state index in [0.717, 1.165) is 37.2 Å². The van der Waals surface area contributed by atoms with E-state index in [1.165, 1.54) is 0 Å². The lowest BCUT2D eigenvalue weighted by Gasteiger charge is -2.19. The first-order valence-electron chi connectivity index (χ1n) is 8.60. The summed E-state index contributed by atoms with van der Waals surface area (Å²) in [5.41, 5.74) is 1.81. The third kappa shape index (κ3) is 3.90. The third-order valence-electron chi connectivity index (χ3n) is 4.83. The average Bonchev–Trinajstić information content (AvgIpc) is 3.01. The van der Waals surface area contributed by atoms with Gasteiger partial charge in [-0.25, -0.2) is 4.79 Å². The Bertz CT molecular complexity index is 599. The van der Waals surface area contributed by atoms with E-state index in [2.05, 4.69) is 17.5 Å². The normalized spacial score (nSPS) is 22.3. The number of hydrogen-bond acceptors (Lipinski definition) is 3. The van der Waals surface area contributed by atoms with E-state index in [1.807, 2.05) is 30.0 Å². The molecule has 1 aromatic rings. The molecule has 24 heavy (non-hydrogen) atoms. The van der Waals surface area contributed by atoms with Gasteiger partial charge in [0.05, 0.1) is 12.3 Å². The van der Waals surface area contributed by atoms with Gasteiger partial charge >= 0.3 is 6.03 Å². The lowest BCUT2D eigenvalue weighted by Crippen LogP contribution is -2.33. The number of anilines is 1. The highest BCUT2D eigenvalue weighted by Crippen LogP contribution is 2.33. The van der Waals surface area contributed by atoms with Crippen LogP contribution in [0.25, 0.3) is 0 Å². The van der Waals surface area contributed by atoms with Crippen molar-refractivity contribution in [2.75, 3.05) is 38.7 Å². The summed E-state index contributed by atoms with van der Waals surface area (Å²) in [5, 5.41) is 3.02. The van der Waals surface area contributed by atoms with E-state index in [1.54, 1.807) is 7.11 Å². The zero-order chi connectivity index (χ0) is 16.9. The number of carbonyl (C=O) groups is 1. The first-order chi connectivity index (χ1) is 11.7. The summed E-state index contributed by atoms with van der Waals surface area (Å²) in [6.07, 6.45) is 6.66. The molecule has 0 spiro atoms. The van der Waals surface area contributed by atoms with Gasteiger partial charge < -0.3 is 19.7 Å². The number of methoxy groups -OCH3 is 1. The number of nitrogens with zero attached hydrogens (tertiary/aromatic N) is 1. The molecule has 130 valence electrons. The second-order valence-electron chi connectivity index (χ2n) is 6.64. The Morgan fingerprint density at radius 2 is 1.92 bits per heavy atom. The maximum absolute atomic E-state index is 12.6. The minimum Gasteiger partial charge on any atom is -0.489 e. The fraction of sp³-hybridized carbons (Fsp3) is 0.526. The molecule has 0 unspecified atom stereocenters. The molecule has 0 bridgehead atoms. The second kappa shape index (κ2) is 7.71. The highest BCUT2D eigenvalue weighted by atomic mass is 16.5. The zero-order valence-electron chi connectivity index (χ0n) is 14.5. The van der Waals surface area contributed by atoms with Crippen LogP contribution in [-0.2, 0) is 4.74 Å². The lowest BCUT2D eigenvalue weighted by molar-refractivity contribution is 0.146. The monoisotopic (exact) mass is 330 g/mol. The van der Waals surface area contributed by atoms with E-state index in [-0.39, 0.29) is 6.03 Å². The Balaban J connectivity index is 1.63. The molecule has 0 saturated carbocycles. The van der Waals surface area contributed by atoms with Crippen LogP contribution in [0.2, 0.25) is 0 Å². The number of allylic oxidation sites excluding steroid dienone is 2. The summed E-state index contributed by atoms with van der Waals surface area (Å²) < 4.78 is 10.8. The van der Waals surface area contributed by atoms with Crippen molar-refractivity contribution < 1.29 is 14.3 Å². The van der Waals surface area contributed by atoms with Crippen molar-refractivity contribution in [3.05, 3.63) is 35.9 Å². The van der Waals surface area contributed by atoms with Crippen molar-refractivity contribution in [1.29, 1.82) is 0 Å². The van der Waals surface area contributed by atoms with Crippen molar-refractivity contribution in [2.24, 2.45) is 11.8 Å². The number of amides is 2. The number of carbonyl (C=O) groups excluding carboxylic acids is 1. The molecule has 2 amide bonds. The van der Waals surface area contributed by atoms with Gasteiger partial charge in [-0.15, -0.1) is 0 Å². The lowest BCUT2D eigenvalue weighted by atomic mass is 9.86. The average molecular weight is 330 g/mol. The first kappa shape index (κ1) is 16.8. The predicted molar refractivity (Wildman–Crippen MR) is 94.5 cm³/mol. The number of benzene rings is 1. The molecule has 3 rings (SSSR count). The Kier molecular flexibility index (Phi) is 5.41. The fourth-order valence-electron chi connectivity index (χ4n) is 3.46. The smallest absolute Gasteiger partial charge is 0.321 e. The van der Waals surface area contributed by atoms with Gasteiger partial charge in [0.25, 0.3) is 0 Å². The Labute approximate surface area is 143 Å². The molecule has 5 heteroatoms. The number of aryl methyl sites for hydroxylation is 1. The molecule has 1 fully saturated rings. The molecule has 2 aliphatic rings. The van der Waals surface area contributed by atoms with Crippen LogP contribution < -0.4 is 10.1 Å². The maximum atomic E-state index is 12.6. The second-order valence-corrected chi connectivity index (χ2v) is 6.64. The number of nitrogens with one attached hydrogen (secondary N) is 1. The molecular weight excluding hydrogens is 304 g/mol. The van der Waals surface area contributed by atoms with Crippen LogP contribution in [0.15, 0.2) is 30.4 Å². The largest absolute Gasteiger partial charge is 0.489 e. The third-order valence-corrected chi connectivity index (χ3v) is 4.83. The van der Waals surface area contributed by atoms with Gasteiger partial charge in [-0.1, -0.05) is 18.2 Å².